The molecule has 3 N–H and O–H groups in total. The zero-order chi connectivity index (χ0) is 15.0. The fourth-order valence-electron chi connectivity index (χ4n) is 3.27. The lowest BCUT2D eigenvalue weighted by molar-refractivity contribution is -0.155. The molecule has 2 fully saturated rings. The molecule has 4 nitrogen and oxygen atoms in total. The summed E-state index contributed by atoms with van der Waals surface area (Å²) in [4.78, 5) is 13.2. The number of nitrogens with two attached hydrogens (primary N) is 1. The largest absolute Gasteiger partial charge is 0.401 e. The molecule has 0 heterocycles. The molecule has 2 saturated carbocycles. The van der Waals surface area contributed by atoms with Gasteiger partial charge in [-0.3, -0.25) is 9.69 Å². The second-order valence-corrected chi connectivity index (χ2v) is 5.97. The van der Waals surface area contributed by atoms with Gasteiger partial charge in [0.1, 0.15) is 0 Å². The summed E-state index contributed by atoms with van der Waals surface area (Å²) in [6, 6.07) is -0.208. The number of carbonyl (C=O) groups is 1. The molecule has 0 radical (unpaired) electrons. The van der Waals surface area contributed by atoms with Crippen LogP contribution >= 0.6 is 0 Å². The van der Waals surface area contributed by atoms with E-state index >= 15 is 0 Å². The first-order valence-electron chi connectivity index (χ1n) is 7.09. The van der Waals surface area contributed by atoms with E-state index < -0.39 is 24.2 Å². The van der Waals surface area contributed by atoms with Gasteiger partial charge in [0.2, 0.25) is 5.91 Å². The lowest BCUT2D eigenvalue weighted by atomic mass is 9.77. The molecule has 2 aliphatic carbocycles. The van der Waals surface area contributed by atoms with Gasteiger partial charge in [-0.15, -0.1) is 0 Å². The lowest BCUT2D eigenvalue weighted by Crippen LogP contribution is -2.60. The van der Waals surface area contributed by atoms with Crippen molar-refractivity contribution in [3.63, 3.8) is 0 Å². The first kappa shape index (κ1) is 15.6. The minimum atomic E-state index is -4.20. The van der Waals surface area contributed by atoms with Gasteiger partial charge >= 0.3 is 6.18 Å². The van der Waals surface area contributed by atoms with E-state index in [0.29, 0.717) is 19.3 Å². The Morgan fingerprint density at radius 2 is 2.00 bits per heavy atom. The van der Waals surface area contributed by atoms with E-state index in [-0.39, 0.29) is 12.1 Å². The van der Waals surface area contributed by atoms with Crippen LogP contribution in [0.15, 0.2) is 0 Å². The van der Waals surface area contributed by atoms with Gasteiger partial charge < -0.3 is 11.1 Å². The van der Waals surface area contributed by atoms with Gasteiger partial charge in [0.15, 0.2) is 0 Å². The van der Waals surface area contributed by atoms with Crippen molar-refractivity contribution in [2.75, 3.05) is 13.6 Å². The van der Waals surface area contributed by atoms with Crippen molar-refractivity contribution < 1.29 is 18.0 Å². The highest BCUT2D eigenvalue weighted by Crippen LogP contribution is 2.38. The zero-order valence-electron chi connectivity index (χ0n) is 11.7. The molecule has 2 atom stereocenters. The Morgan fingerprint density at radius 3 is 2.45 bits per heavy atom. The summed E-state index contributed by atoms with van der Waals surface area (Å²) in [5, 5.41) is 2.94. The summed E-state index contributed by atoms with van der Waals surface area (Å²) in [6.45, 7) is -0.888. The third kappa shape index (κ3) is 3.44. The molecule has 0 aromatic carbocycles. The smallest absolute Gasteiger partial charge is 0.368 e. The molecule has 2 rings (SSSR count). The van der Waals surface area contributed by atoms with Crippen LogP contribution in [0.3, 0.4) is 0 Å². The normalized spacial score (nSPS) is 31.6. The standard InChI is InChI=1S/C13H22F3N3O/c1-18-12(11(17)20)6-2-3-10(7-12)19(9-4-5-9)8-13(14,15)16/h9-10,18H,2-8H2,1H3,(H2,17,20). The average molecular weight is 293 g/mol. The van der Waals surface area contributed by atoms with E-state index in [4.69, 9.17) is 5.73 Å². The summed E-state index contributed by atoms with van der Waals surface area (Å²) in [6.07, 6.45) is -0.190. The molecule has 1 amide bonds. The summed E-state index contributed by atoms with van der Waals surface area (Å²) < 4.78 is 38.2. The van der Waals surface area contributed by atoms with Crippen LogP contribution in [0.1, 0.15) is 38.5 Å². The van der Waals surface area contributed by atoms with Gasteiger partial charge in [0, 0.05) is 12.1 Å². The second kappa shape index (κ2) is 5.52. The molecule has 7 heteroatoms. The van der Waals surface area contributed by atoms with Gasteiger partial charge in [-0.05, 0) is 45.6 Å². The first-order valence-corrected chi connectivity index (χ1v) is 7.09. The second-order valence-electron chi connectivity index (χ2n) is 5.97. The Hall–Kier alpha value is -0.820. The molecule has 0 bridgehead atoms. The van der Waals surface area contributed by atoms with Crippen molar-refractivity contribution in [2.24, 2.45) is 5.73 Å². The highest BCUT2D eigenvalue weighted by atomic mass is 19.4. The maximum Gasteiger partial charge on any atom is 0.401 e. The van der Waals surface area contributed by atoms with Crippen LogP contribution in [0.2, 0.25) is 0 Å². The maximum absolute atomic E-state index is 12.7. The Bertz CT molecular complexity index is 370. The molecular weight excluding hydrogens is 271 g/mol. The minimum Gasteiger partial charge on any atom is -0.368 e. The number of alkyl halides is 3. The predicted octanol–water partition coefficient (Wildman–Crippen LogP) is 1.40. The SMILES string of the molecule is CNC1(C(N)=O)CCCC(N(CC(F)(F)F)C2CC2)C1. The third-order valence-corrected chi connectivity index (χ3v) is 4.52. The zero-order valence-corrected chi connectivity index (χ0v) is 11.7. The molecule has 0 saturated heterocycles. The summed E-state index contributed by atoms with van der Waals surface area (Å²) >= 11 is 0. The number of hydrogen-bond acceptors (Lipinski definition) is 3. The highest BCUT2D eigenvalue weighted by molar-refractivity contribution is 5.84. The van der Waals surface area contributed by atoms with Crippen LogP contribution in [0.5, 0.6) is 0 Å². The summed E-state index contributed by atoms with van der Waals surface area (Å²) in [5.74, 6) is -0.465. The molecular formula is C13H22F3N3O. The van der Waals surface area contributed by atoms with Crippen molar-refractivity contribution in [1.29, 1.82) is 0 Å². The molecule has 0 spiro atoms. The van der Waals surface area contributed by atoms with Gasteiger partial charge in [0.25, 0.3) is 0 Å². The fraction of sp³-hybridized carbons (Fsp3) is 0.923. The van der Waals surface area contributed by atoms with Crippen molar-refractivity contribution in [3.8, 4) is 0 Å². The van der Waals surface area contributed by atoms with E-state index in [1.807, 2.05) is 0 Å². The number of hydrogen-bond donors (Lipinski definition) is 2. The van der Waals surface area contributed by atoms with Gasteiger partial charge in [-0.1, -0.05) is 0 Å². The Morgan fingerprint density at radius 1 is 1.35 bits per heavy atom. The predicted molar refractivity (Wildman–Crippen MR) is 69.0 cm³/mol. The van der Waals surface area contributed by atoms with E-state index in [1.54, 1.807) is 7.05 Å². The maximum atomic E-state index is 12.7. The van der Waals surface area contributed by atoms with Crippen LogP contribution < -0.4 is 11.1 Å². The molecule has 0 aromatic heterocycles. The quantitative estimate of drug-likeness (QED) is 0.805. The van der Waals surface area contributed by atoms with E-state index in [0.717, 1.165) is 19.3 Å². The number of carbonyl (C=O) groups excluding carboxylic acids is 1. The van der Waals surface area contributed by atoms with Crippen LogP contribution in [0.4, 0.5) is 13.2 Å². The van der Waals surface area contributed by atoms with Crippen molar-refractivity contribution in [2.45, 2.75) is 62.3 Å². The highest BCUT2D eigenvalue weighted by Gasteiger charge is 2.47. The molecule has 2 unspecified atom stereocenters. The summed E-state index contributed by atoms with van der Waals surface area (Å²) in [5.41, 5.74) is 4.59. The van der Waals surface area contributed by atoms with Crippen LogP contribution in [0.25, 0.3) is 0 Å². The van der Waals surface area contributed by atoms with Gasteiger partial charge in [0.05, 0.1) is 12.1 Å². The molecule has 2 aliphatic rings. The molecule has 0 aliphatic heterocycles. The van der Waals surface area contributed by atoms with Crippen LogP contribution in [-0.4, -0.2) is 48.2 Å². The first-order chi connectivity index (χ1) is 9.27. The monoisotopic (exact) mass is 293 g/mol. The topological polar surface area (TPSA) is 58.4 Å². The number of amides is 1. The number of rotatable bonds is 5. The number of halogens is 3. The van der Waals surface area contributed by atoms with Gasteiger partial charge in [-0.2, -0.15) is 13.2 Å². The number of likely N-dealkylation sites (N-methyl/N-ethyl adjacent to an activating group) is 1. The van der Waals surface area contributed by atoms with Crippen molar-refractivity contribution in [3.05, 3.63) is 0 Å². The third-order valence-electron chi connectivity index (χ3n) is 4.52. The number of nitrogens with one attached hydrogen (secondary N) is 1. The van der Waals surface area contributed by atoms with Gasteiger partial charge in [-0.25, -0.2) is 0 Å². The lowest BCUT2D eigenvalue weighted by Gasteiger charge is -2.43. The van der Waals surface area contributed by atoms with E-state index in [9.17, 15) is 18.0 Å². The molecule has 20 heavy (non-hydrogen) atoms. The van der Waals surface area contributed by atoms with E-state index in [1.165, 1.54) is 4.90 Å². The Labute approximate surface area is 116 Å². The molecule has 116 valence electrons. The fourth-order valence-corrected chi connectivity index (χ4v) is 3.27. The van der Waals surface area contributed by atoms with Crippen LogP contribution in [-0.2, 0) is 4.79 Å². The summed E-state index contributed by atoms with van der Waals surface area (Å²) in [7, 11) is 1.65. The van der Waals surface area contributed by atoms with Crippen LogP contribution in [0, 0.1) is 0 Å². The number of nitrogens with zero attached hydrogens (tertiary/aromatic N) is 1. The Balaban J connectivity index is 2.11. The number of primary amides is 1. The average Bonchev–Trinajstić information content (AvgIpc) is 3.19. The van der Waals surface area contributed by atoms with Crippen molar-refractivity contribution >= 4 is 5.91 Å². The minimum absolute atomic E-state index is 0.0159. The van der Waals surface area contributed by atoms with Crippen molar-refractivity contribution in [1.82, 2.24) is 10.2 Å². The Kier molecular flexibility index (Phi) is 4.30. The molecule has 0 aromatic rings. The van der Waals surface area contributed by atoms with E-state index in [2.05, 4.69) is 5.32 Å².